The third-order valence-electron chi connectivity index (χ3n) is 5.74. The van der Waals surface area contributed by atoms with Gasteiger partial charge >= 0.3 is 5.76 Å². The number of hydrogen-bond donors (Lipinski definition) is 1. The molecule has 5 rings (SSSR count). The second kappa shape index (κ2) is 8.34. The van der Waals surface area contributed by atoms with Gasteiger partial charge in [0.25, 0.3) is 0 Å². The van der Waals surface area contributed by atoms with Crippen LogP contribution >= 0.6 is 0 Å². The number of benzene rings is 3. The number of nitrogens with zero attached hydrogens (tertiary/aromatic N) is 2. The van der Waals surface area contributed by atoms with E-state index in [9.17, 15) is 18.0 Å². The van der Waals surface area contributed by atoms with E-state index in [0.717, 1.165) is 23.2 Å². The average Bonchev–Trinajstić information content (AvgIpc) is 3.39. The highest BCUT2D eigenvalue weighted by atomic mass is 32.2. The minimum Gasteiger partial charge on any atom is -0.408 e. The van der Waals surface area contributed by atoms with Crippen molar-refractivity contribution in [3.8, 4) is 0 Å². The van der Waals surface area contributed by atoms with Crippen LogP contribution in [0.15, 0.2) is 86.9 Å². The van der Waals surface area contributed by atoms with Crippen molar-refractivity contribution in [3.05, 3.63) is 94.5 Å². The van der Waals surface area contributed by atoms with Gasteiger partial charge in [-0.15, -0.1) is 0 Å². The Hall–Kier alpha value is -3.69. The molecule has 0 aliphatic carbocycles. The molecule has 9 heteroatoms. The fourth-order valence-electron chi connectivity index (χ4n) is 4.04. The maximum Gasteiger partial charge on any atom is 0.420 e. The number of fused-ring (bicyclic) bond motifs is 2. The zero-order chi connectivity index (χ0) is 23.0. The molecule has 168 valence electrons. The van der Waals surface area contributed by atoms with E-state index in [2.05, 4.69) is 4.72 Å². The standard InChI is InChI=1S/C24H21N3O5S/c28-23(26-13-12-18-8-4-5-9-20(18)26)16-27-21-11-10-19(14-22(21)32-24(27)29)33(30,31)25-15-17-6-2-1-3-7-17/h1-11,14,25H,12-13,15-16H2. The molecule has 1 aromatic heterocycles. The van der Waals surface area contributed by atoms with Gasteiger partial charge in [-0.1, -0.05) is 48.5 Å². The molecule has 1 aliphatic rings. The normalized spacial score (nSPS) is 13.4. The predicted octanol–water partition coefficient (Wildman–Crippen LogP) is 2.66. The van der Waals surface area contributed by atoms with E-state index in [1.165, 1.54) is 22.8 Å². The van der Waals surface area contributed by atoms with Gasteiger partial charge in [-0.25, -0.2) is 17.9 Å². The van der Waals surface area contributed by atoms with Crippen molar-refractivity contribution < 1.29 is 17.6 Å². The molecule has 33 heavy (non-hydrogen) atoms. The first-order valence-electron chi connectivity index (χ1n) is 10.5. The fraction of sp³-hybridized carbons (Fsp3) is 0.167. The van der Waals surface area contributed by atoms with Gasteiger partial charge in [0.1, 0.15) is 6.54 Å². The molecule has 0 saturated carbocycles. The lowest BCUT2D eigenvalue weighted by atomic mass is 10.2. The number of carbonyl (C=O) groups is 1. The highest BCUT2D eigenvalue weighted by Crippen LogP contribution is 2.28. The number of nitrogens with one attached hydrogen (secondary N) is 1. The highest BCUT2D eigenvalue weighted by molar-refractivity contribution is 7.89. The first kappa shape index (κ1) is 21.2. The van der Waals surface area contributed by atoms with Crippen LogP contribution in [-0.2, 0) is 34.3 Å². The Balaban J connectivity index is 1.38. The second-order valence-corrected chi connectivity index (χ2v) is 9.58. The first-order valence-corrected chi connectivity index (χ1v) is 12.0. The molecule has 0 unspecified atom stereocenters. The fourth-order valence-corrected chi connectivity index (χ4v) is 5.07. The van der Waals surface area contributed by atoms with E-state index in [1.54, 1.807) is 4.90 Å². The summed E-state index contributed by atoms with van der Waals surface area (Å²) in [7, 11) is -3.82. The summed E-state index contributed by atoms with van der Waals surface area (Å²) in [4.78, 5) is 27.0. The number of sulfonamides is 1. The zero-order valence-corrected chi connectivity index (χ0v) is 18.4. The second-order valence-electron chi connectivity index (χ2n) is 7.82. The minimum atomic E-state index is -3.82. The maximum absolute atomic E-state index is 12.9. The van der Waals surface area contributed by atoms with E-state index in [-0.39, 0.29) is 29.5 Å². The summed E-state index contributed by atoms with van der Waals surface area (Å²) >= 11 is 0. The van der Waals surface area contributed by atoms with Crippen LogP contribution in [0.3, 0.4) is 0 Å². The van der Waals surface area contributed by atoms with Crippen molar-refractivity contribution in [3.63, 3.8) is 0 Å². The Morgan fingerprint density at radius 3 is 2.58 bits per heavy atom. The Morgan fingerprint density at radius 1 is 1.00 bits per heavy atom. The Bertz CT molecular complexity index is 1510. The minimum absolute atomic E-state index is 0.0216. The Kier molecular flexibility index (Phi) is 5.35. The number of hydrogen-bond acceptors (Lipinski definition) is 5. The molecule has 0 fully saturated rings. The van der Waals surface area contributed by atoms with E-state index in [0.29, 0.717) is 12.1 Å². The molecule has 4 aromatic rings. The van der Waals surface area contributed by atoms with Crippen LogP contribution in [0, 0.1) is 0 Å². The molecule has 0 atom stereocenters. The van der Waals surface area contributed by atoms with Crippen LogP contribution in [0.4, 0.5) is 5.69 Å². The summed E-state index contributed by atoms with van der Waals surface area (Å²) in [5.74, 6) is -0.941. The predicted molar refractivity (Wildman–Crippen MR) is 123 cm³/mol. The molecule has 1 aliphatic heterocycles. The number of aromatic nitrogens is 1. The van der Waals surface area contributed by atoms with Crippen molar-refractivity contribution in [2.45, 2.75) is 24.4 Å². The summed E-state index contributed by atoms with van der Waals surface area (Å²) in [6, 6.07) is 21.0. The summed E-state index contributed by atoms with van der Waals surface area (Å²) < 4.78 is 34.5. The third-order valence-corrected chi connectivity index (χ3v) is 7.14. The number of anilines is 1. The highest BCUT2D eigenvalue weighted by Gasteiger charge is 2.26. The first-order chi connectivity index (χ1) is 15.9. The van der Waals surface area contributed by atoms with Crippen molar-refractivity contribution >= 4 is 32.7 Å². The maximum atomic E-state index is 12.9. The summed E-state index contributed by atoms with van der Waals surface area (Å²) in [6.07, 6.45) is 0.764. The van der Waals surface area contributed by atoms with Crippen LogP contribution < -0.4 is 15.4 Å². The lowest BCUT2D eigenvalue weighted by Crippen LogP contribution is -2.34. The van der Waals surface area contributed by atoms with Gasteiger partial charge in [0.05, 0.1) is 10.4 Å². The van der Waals surface area contributed by atoms with Crippen LogP contribution in [0.5, 0.6) is 0 Å². The molecule has 3 aromatic carbocycles. The largest absolute Gasteiger partial charge is 0.420 e. The zero-order valence-electron chi connectivity index (χ0n) is 17.6. The topological polar surface area (TPSA) is 102 Å². The smallest absolute Gasteiger partial charge is 0.408 e. The van der Waals surface area contributed by atoms with Crippen LogP contribution in [-0.4, -0.2) is 25.4 Å². The SMILES string of the molecule is O=C(Cn1c(=O)oc2cc(S(=O)(=O)NCc3ccccc3)ccc21)N1CCc2ccccc21. The Labute approximate surface area is 190 Å². The van der Waals surface area contributed by atoms with Crippen LogP contribution in [0.2, 0.25) is 0 Å². The summed E-state index contributed by atoms with van der Waals surface area (Å²) in [6.45, 7) is 0.495. The van der Waals surface area contributed by atoms with Crippen LogP contribution in [0.1, 0.15) is 11.1 Å². The van der Waals surface area contributed by atoms with Crippen molar-refractivity contribution in [2.75, 3.05) is 11.4 Å². The average molecular weight is 464 g/mol. The monoisotopic (exact) mass is 463 g/mol. The molecule has 0 spiro atoms. The van der Waals surface area contributed by atoms with E-state index in [1.807, 2.05) is 54.6 Å². The molecular weight excluding hydrogens is 442 g/mol. The Morgan fingerprint density at radius 2 is 1.76 bits per heavy atom. The molecule has 1 amide bonds. The quantitative estimate of drug-likeness (QED) is 0.474. The van der Waals surface area contributed by atoms with Crippen molar-refractivity contribution in [2.24, 2.45) is 0 Å². The van der Waals surface area contributed by atoms with E-state index < -0.39 is 15.8 Å². The summed E-state index contributed by atoms with van der Waals surface area (Å²) in [5, 5.41) is 0. The van der Waals surface area contributed by atoms with Gasteiger partial charge in [0, 0.05) is 24.8 Å². The molecule has 0 bridgehead atoms. The van der Waals surface area contributed by atoms with Gasteiger partial charge in [-0.3, -0.25) is 9.36 Å². The lowest BCUT2D eigenvalue weighted by molar-refractivity contribution is -0.119. The third kappa shape index (κ3) is 4.08. The molecule has 1 N–H and O–H groups in total. The number of para-hydroxylation sites is 1. The molecule has 0 saturated heterocycles. The summed E-state index contributed by atoms with van der Waals surface area (Å²) in [5.41, 5.74) is 3.23. The van der Waals surface area contributed by atoms with Gasteiger partial charge in [-0.2, -0.15) is 0 Å². The van der Waals surface area contributed by atoms with Gasteiger partial charge in [-0.05, 0) is 35.7 Å². The van der Waals surface area contributed by atoms with Crippen LogP contribution in [0.25, 0.3) is 11.1 Å². The molecule has 8 nitrogen and oxygen atoms in total. The molecule has 2 heterocycles. The van der Waals surface area contributed by atoms with Crippen molar-refractivity contribution in [1.82, 2.24) is 9.29 Å². The molecular formula is C24H21N3O5S. The number of carbonyl (C=O) groups excluding carboxylic acids is 1. The number of rotatable bonds is 6. The van der Waals surface area contributed by atoms with Gasteiger partial charge < -0.3 is 9.32 Å². The van der Waals surface area contributed by atoms with Gasteiger partial charge in [0.2, 0.25) is 15.9 Å². The van der Waals surface area contributed by atoms with E-state index in [4.69, 9.17) is 4.42 Å². The number of amides is 1. The van der Waals surface area contributed by atoms with E-state index >= 15 is 0 Å². The lowest BCUT2D eigenvalue weighted by Gasteiger charge is -2.17. The number of oxazole rings is 1. The van der Waals surface area contributed by atoms with Crippen molar-refractivity contribution in [1.29, 1.82) is 0 Å². The van der Waals surface area contributed by atoms with Gasteiger partial charge in [0.15, 0.2) is 5.58 Å². The molecule has 0 radical (unpaired) electrons.